The van der Waals surface area contributed by atoms with Gasteiger partial charge in [0, 0.05) is 42.8 Å². The fourth-order valence-corrected chi connectivity index (χ4v) is 3.83. The van der Waals surface area contributed by atoms with Crippen LogP contribution in [0.25, 0.3) is 16.8 Å². The molecule has 0 aliphatic carbocycles. The van der Waals surface area contributed by atoms with Crippen LogP contribution in [0.15, 0.2) is 77.2 Å². The molecule has 0 N–H and O–H groups in total. The first-order valence-electron chi connectivity index (χ1n) is 8.71. The number of sulfonamides is 1. The van der Waals surface area contributed by atoms with Crippen LogP contribution in [0, 0.1) is 11.6 Å². The molecule has 0 radical (unpaired) electrons. The number of pyridine rings is 2. The highest BCUT2D eigenvalue weighted by Gasteiger charge is 2.21. The highest BCUT2D eigenvalue weighted by molar-refractivity contribution is 7.89. The van der Waals surface area contributed by atoms with Crippen molar-refractivity contribution in [2.75, 3.05) is 7.05 Å². The van der Waals surface area contributed by atoms with Crippen molar-refractivity contribution in [3.8, 4) is 11.1 Å². The molecule has 1 aromatic carbocycles. The molecule has 0 aliphatic heterocycles. The third-order valence-electron chi connectivity index (χ3n) is 4.36. The van der Waals surface area contributed by atoms with Gasteiger partial charge >= 0.3 is 0 Å². The Morgan fingerprint density at radius 3 is 2.53 bits per heavy atom. The lowest BCUT2D eigenvalue weighted by atomic mass is 10.1. The van der Waals surface area contributed by atoms with Crippen molar-refractivity contribution in [2.45, 2.75) is 4.90 Å². The fourth-order valence-electron chi connectivity index (χ4n) is 2.83. The van der Waals surface area contributed by atoms with Crippen molar-refractivity contribution in [1.82, 2.24) is 18.8 Å². The molecule has 3 heterocycles. The zero-order chi connectivity index (χ0) is 21.3. The molecular weight excluding hydrogens is 412 g/mol. The third kappa shape index (κ3) is 3.77. The molecule has 0 bridgehead atoms. The van der Waals surface area contributed by atoms with E-state index in [1.807, 2.05) is 30.5 Å². The SMILES string of the molecule is CN(/N=C/c1cnc2ccc(-c3cccnc3)cn12)S(=O)(=O)c1cc(F)cc(F)c1. The monoisotopic (exact) mass is 427 g/mol. The van der Waals surface area contributed by atoms with Crippen LogP contribution >= 0.6 is 0 Å². The predicted octanol–water partition coefficient (Wildman–Crippen LogP) is 3.33. The number of rotatable bonds is 5. The highest BCUT2D eigenvalue weighted by atomic mass is 32.2. The minimum atomic E-state index is -4.22. The molecule has 7 nitrogen and oxygen atoms in total. The van der Waals surface area contributed by atoms with Crippen molar-refractivity contribution >= 4 is 21.9 Å². The first kappa shape index (κ1) is 19.6. The first-order chi connectivity index (χ1) is 14.3. The summed E-state index contributed by atoms with van der Waals surface area (Å²) in [6, 6.07) is 9.52. The zero-order valence-corrected chi connectivity index (χ0v) is 16.5. The van der Waals surface area contributed by atoms with Gasteiger partial charge in [-0.2, -0.15) is 17.9 Å². The maximum atomic E-state index is 13.4. The van der Waals surface area contributed by atoms with Gasteiger partial charge < -0.3 is 0 Å². The highest BCUT2D eigenvalue weighted by Crippen LogP contribution is 2.20. The minimum absolute atomic E-state index is 0.517. The maximum Gasteiger partial charge on any atom is 0.278 e. The summed E-state index contributed by atoms with van der Waals surface area (Å²) < 4.78 is 54.3. The van der Waals surface area contributed by atoms with Crippen LogP contribution in [0.4, 0.5) is 8.78 Å². The smallest absolute Gasteiger partial charge is 0.278 e. The van der Waals surface area contributed by atoms with Gasteiger partial charge in [-0.3, -0.25) is 9.38 Å². The molecule has 0 aliphatic rings. The molecule has 0 amide bonds. The Hall–Kier alpha value is -3.66. The molecule has 0 saturated carbocycles. The molecule has 4 rings (SSSR count). The molecule has 0 fully saturated rings. The Kier molecular flexibility index (Phi) is 5.00. The summed E-state index contributed by atoms with van der Waals surface area (Å²) in [5, 5.41) is 3.93. The van der Waals surface area contributed by atoms with E-state index in [2.05, 4.69) is 15.1 Å². The summed E-state index contributed by atoms with van der Waals surface area (Å²) in [5.41, 5.74) is 2.95. The quantitative estimate of drug-likeness (QED) is 0.362. The average molecular weight is 427 g/mol. The van der Waals surface area contributed by atoms with Gasteiger partial charge in [0.25, 0.3) is 10.0 Å². The summed E-state index contributed by atoms with van der Waals surface area (Å²) in [6.07, 6.45) is 8.08. The summed E-state index contributed by atoms with van der Waals surface area (Å²) in [5.74, 6) is -1.98. The Balaban J connectivity index is 1.66. The largest absolute Gasteiger partial charge is 0.298 e. The maximum absolute atomic E-state index is 13.4. The number of hydrogen-bond acceptors (Lipinski definition) is 5. The number of hydrogen-bond donors (Lipinski definition) is 0. The Labute approximate surface area is 171 Å². The molecular formula is C20H15F2N5O2S. The number of aromatic nitrogens is 3. The molecule has 152 valence electrons. The fraction of sp³-hybridized carbons (Fsp3) is 0.0500. The van der Waals surface area contributed by atoms with E-state index in [0.717, 1.165) is 23.3 Å². The van der Waals surface area contributed by atoms with Crippen LogP contribution in [-0.2, 0) is 10.0 Å². The predicted molar refractivity (Wildman–Crippen MR) is 107 cm³/mol. The van der Waals surface area contributed by atoms with E-state index in [4.69, 9.17) is 0 Å². The molecule has 10 heteroatoms. The lowest BCUT2D eigenvalue weighted by molar-refractivity contribution is 0.487. The minimum Gasteiger partial charge on any atom is -0.298 e. The Bertz CT molecular complexity index is 1330. The van der Waals surface area contributed by atoms with Crippen LogP contribution in [0.5, 0.6) is 0 Å². The number of halogens is 2. The van der Waals surface area contributed by atoms with Crippen LogP contribution in [0.3, 0.4) is 0 Å². The van der Waals surface area contributed by atoms with E-state index < -0.39 is 26.6 Å². The van der Waals surface area contributed by atoms with E-state index in [-0.39, 0.29) is 0 Å². The summed E-state index contributed by atoms with van der Waals surface area (Å²) in [6.45, 7) is 0. The van der Waals surface area contributed by atoms with Gasteiger partial charge in [0.1, 0.15) is 17.3 Å². The molecule has 0 atom stereocenters. The molecule has 0 unspecified atom stereocenters. The topological polar surface area (TPSA) is 79.9 Å². The van der Waals surface area contributed by atoms with Gasteiger partial charge in [0.15, 0.2) is 0 Å². The Morgan fingerprint density at radius 2 is 1.83 bits per heavy atom. The van der Waals surface area contributed by atoms with E-state index in [9.17, 15) is 17.2 Å². The van der Waals surface area contributed by atoms with Gasteiger partial charge in [-0.1, -0.05) is 6.07 Å². The van der Waals surface area contributed by atoms with Crippen molar-refractivity contribution in [3.05, 3.63) is 84.6 Å². The van der Waals surface area contributed by atoms with Crippen molar-refractivity contribution < 1.29 is 17.2 Å². The van der Waals surface area contributed by atoms with Crippen molar-refractivity contribution in [3.63, 3.8) is 0 Å². The third-order valence-corrected chi connectivity index (χ3v) is 5.98. The van der Waals surface area contributed by atoms with Gasteiger partial charge in [0.2, 0.25) is 0 Å². The molecule has 30 heavy (non-hydrogen) atoms. The van der Waals surface area contributed by atoms with E-state index >= 15 is 0 Å². The lowest BCUT2D eigenvalue weighted by Gasteiger charge is -2.13. The van der Waals surface area contributed by atoms with E-state index in [0.29, 0.717) is 21.8 Å². The number of nitrogens with zero attached hydrogens (tertiary/aromatic N) is 5. The average Bonchev–Trinajstić information content (AvgIpc) is 3.14. The number of benzene rings is 1. The molecule has 0 spiro atoms. The normalized spacial score (nSPS) is 12.0. The molecule has 4 aromatic rings. The number of hydrazone groups is 1. The van der Waals surface area contributed by atoms with Crippen LogP contribution < -0.4 is 0 Å². The van der Waals surface area contributed by atoms with Crippen molar-refractivity contribution in [1.29, 1.82) is 0 Å². The zero-order valence-electron chi connectivity index (χ0n) is 15.6. The van der Waals surface area contributed by atoms with Gasteiger partial charge in [0.05, 0.1) is 23.0 Å². The number of imidazole rings is 1. The first-order valence-corrected chi connectivity index (χ1v) is 10.1. The standard InChI is InChI=1S/C20H15F2N5O2S/c1-26(30(28,29)19-8-16(21)7-17(22)9-19)25-12-18-11-24-20-5-4-15(13-27(18)20)14-3-2-6-23-10-14/h2-13H,1H3/b25-12+. The second-order valence-electron chi connectivity index (χ2n) is 6.36. The summed E-state index contributed by atoms with van der Waals surface area (Å²) in [7, 11) is -3.04. The lowest BCUT2D eigenvalue weighted by Crippen LogP contribution is -2.22. The number of fused-ring (bicyclic) bond motifs is 1. The summed E-state index contributed by atoms with van der Waals surface area (Å²) in [4.78, 5) is 7.83. The van der Waals surface area contributed by atoms with Crippen LogP contribution in [0.1, 0.15) is 5.69 Å². The second-order valence-corrected chi connectivity index (χ2v) is 8.31. The van der Waals surface area contributed by atoms with Gasteiger partial charge in [-0.25, -0.2) is 13.8 Å². The molecule has 3 aromatic heterocycles. The van der Waals surface area contributed by atoms with Gasteiger partial charge in [-0.05, 0) is 30.3 Å². The summed E-state index contributed by atoms with van der Waals surface area (Å²) >= 11 is 0. The van der Waals surface area contributed by atoms with Crippen molar-refractivity contribution in [2.24, 2.45) is 5.10 Å². The van der Waals surface area contributed by atoms with E-state index in [1.54, 1.807) is 16.8 Å². The Morgan fingerprint density at radius 1 is 1.07 bits per heavy atom. The van der Waals surface area contributed by atoms with Crippen LogP contribution in [0.2, 0.25) is 0 Å². The van der Waals surface area contributed by atoms with Gasteiger partial charge in [-0.15, -0.1) is 0 Å². The van der Waals surface area contributed by atoms with Crippen LogP contribution in [-0.4, -0.2) is 40.5 Å². The van der Waals surface area contributed by atoms with E-state index in [1.165, 1.54) is 19.5 Å². The second kappa shape index (κ2) is 7.64. The molecule has 0 saturated heterocycles.